The third-order valence-electron chi connectivity index (χ3n) is 4.58. The summed E-state index contributed by atoms with van der Waals surface area (Å²) >= 11 is 5.91. The Bertz CT molecular complexity index is 490. The lowest BCUT2D eigenvalue weighted by atomic mass is 10.0. The fourth-order valence-corrected chi connectivity index (χ4v) is 3.33. The van der Waals surface area contributed by atoms with E-state index in [1.807, 2.05) is 24.3 Å². The number of likely N-dealkylation sites (tertiary alicyclic amines) is 1. The molecule has 21 heavy (non-hydrogen) atoms. The second-order valence-corrected chi connectivity index (χ2v) is 6.81. The van der Waals surface area contributed by atoms with E-state index < -0.39 is 0 Å². The summed E-state index contributed by atoms with van der Waals surface area (Å²) in [6, 6.07) is 8.58. The molecule has 0 N–H and O–H groups in total. The van der Waals surface area contributed by atoms with Gasteiger partial charge in [0.15, 0.2) is 0 Å². The number of benzene rings is 1. The van der Waals surface area contributed by atoms with Crippen LogP contribution in [0.5, 0.6) is 0 Å². The summed E-state index contributed by atoms with van der Waals surface area (Å²) in [4.78, 5) is 17.3. The number of hydrogen-bond donors (Lipinski definition) is 0. The summed E-state index contributed by atoms with van der Waals surface area (Å²) in [5.74, 6) is 0.286. The number of piperidine rings is 1. The number of carbonyl (C=O) groups is 1. The monoisotopic (exact) mass is 306 g/mol. The first-order valence-corrected chi connectivity index (χ1v) is 8.25. The van der Waals surface area contributed by atoms with Gasteiger partial charge < -0.3 is 9.80 Å². The number of rotatable bonds is 4. The number of nitrogens with zero attached hydrogens (tertiary/aromatic N) is 2. The third kappa shape index (κ3) is 3.78. The predicted molar refractivity (Wildman–Crippen MR) is 85.5 cm³/mol. The highest BCUT2D eigenvalue weighted by atomic mass is 35.5. The molecule has 114 valence electrons. The van der Waals surface area contributed by atoms with E-state index >= 15 is 0 Å². The van der Waals surface area contributed by atoms with E-state index in [0.29, 0.717) is 18.5 Å². The van der Waals surface area contributed by atoms with Crippen LogP contribution >= 0.6 is 11.6 Å². The van der Waals surface area contributed by atoms with Gasteiger partial charge in [-0.25, -0.2) is 0 Å². The average Bonchev–Trinajstić information content (AvgIpc) is 3.29. The van der Waals surface area contributed by atoms with Crippen molar-refractivity contribution in [3.63, 3.8) is 0 Å². The molecule has 2 fully saturated rings. The molecule has 1 aliphatic carbocycles. The van der Waals surface area contributed by atoms with Crippen LogP contribution < -0.4 is 0 Å². The zero-order chi connectivity index (χ0) is 14.8. The number of carbonyl (C=O) groups excluding carboxylic acids is 1. The number of amides is 1. The largest absolute Gasteiger partial charge is 0.336 e. The van der Waals surface area contributed by atoms with Crippen LogP contribution in [0.4, 0.5) is 0 Å². The van der Waals surface area contributed by atoms with Crippen molar-refractivity contribution in [3.8, 4) is 0 Å². The molecule has 0 atom stereocenters. The minimum Gasteiger partial charge on any atom is -0.336 e. The second kappa shape index (κ2) is 6.37. The highest BCUT2D eigenvalue weighted by Gasteiger charge is 2.37. The Labute approximate surface area is 131 Å². The van der Waals surface area contributed by atoms with Crippen LogP contribution in [0.15, 0.2) is 24.3 Å². The van der Waals surface area contributed by atoms with Gasteiger partial charge in [0.25, 0.3) is 0 Å². The molecule has 1 saturated heterocycles. The van der Waals surface area contributed by atoms with E-state index in [1.165, 1.54) is 12.8 Å². The second-order valence-electron chi connectivity index (χ2n) is 6.37. The Hall–Kier alpha value is -1.06. The van der Waals surface area contributed by atoms with Gasteiger partial charge in [-0.15, -0.1) is 0 Å². The van der Waals surface area contributed by atoms with Gasteiger partial charge in [-0.1, -0.05) is 23.7 Å². The first-order valence-electron chi connectivity index (χ1n) is 7.87. The molecule has 1 saturated carbocycles. The minimum atomic E-state index is 0.286. The quantitative estimate of drug-likeness (QED) is 0.854. The van der Waals surface area contributed by atoms with Gasteiger partial charge in [0, 0.05) is 17.1 Å². The van der Waals surface area contributed by atoms with Gasteiger partial charge in [0.2, 0.25) is 5.91 Å². The molecular formula is C17H23ClN2O. The van der Waals surface area contributed by atoms with Crippen LogP contribution in [-0.4, -0.2) is 47.9 Å². The molecule has 3 nitrogen and oxygen atoms in total. The molecule has 1 aromatic carbocycles. The molecule has 2 aliphatic rings. The highest BCUT2D eigenvalue weighted by molar-refractivity contribution is 6.30. The molecule has 1 aromatic rings. The van der Waals surface area contributed by atoms with Crippen LogP contribution in [0.3, 0.4) is 0 Å². The normalized spacial score (nSPS) is 20.5. The maximum absolute atomic E-state index is 12.7. The molecule has 0 spiro atoms. The molecule has 0 unspecified atom stereocenters. The van der Waals surface area contributed by atoms with Gasteiger partial charge in [-0.2, -0.15) is 0 Å². The smallest absolute Gasteiger partial charge is 0.227 e. The van der Waals surface area contributed by atoms with E-state index in [2.05, 4.69) is 16.8 Å². The van der Waals surface area contributed by atoms with Crippen molar-refractivity contribution in [2.75, 3.05) is 20.1 Å². The molecular weight excluding hydrogens is 284 g/mol. The van der Waals surface area contributed by atoms with Crippen molar-refractivity contribution in [1.29, 1.82) is 0 Å². The van der Waals surface area contributed by atoms with Crippen LogP contribution in [0.1, 0.15) is 31.2 Å². The Morgan fingerprint density at radius 2 is 1.71 bits per heavy atom. The SMILES string of the molecule is CN1CCC(N(C(=O)Cc2ccc(Cl)cc2)C2CC2)CC1. The van der Waals surface area contributed by atoms with E-state index in [9.17, 15) is 4.79 Å². The fraction of sp³-hybridized carbons (Fsp3) is 0.588. The number of halogens is 1. The number of hydrogen-bond acceptors (Lipinski definition) is 2. The van der Waals surface area contributed by atoms with Crippen LogP contribution in [-0.2, 0) is 11.2 Å². The van der Waals surface area contributed by atoms with Gasteiger partial charge in [-0.05, 0) is 63.5 Å². The van der Waals surface area contributed by atoms with Gasteiger partial charge >= 0.3 is 0 Å². The van der Waals surface area contributed by atoms with E-state index in [0.717, 1.165) is 36.5 Å². The minimum absolute atomic E-state index is 0.286. The topological polar surface area (TPSA) is 23.6 Å². The Balaban J connectivity index is 1.66. The predicted octanol–water partition coefficient (Wildman–Crippen LogP) is 2.97. The summed E-state index contributed by atoms with van der Waals surface area (Å²) < 4.78 is 0. The van der Waals surface area contributed by atoms with Crippen molar-refractivity contribution < 1.29 is 4.79 Å². The van der Waals surface area contributed by atoms with Gasteiger partial charge in [0.1, 0.15) is 0 Å². The van der Waals surface area contributed by atoms with Crippen molar-refractivity contribution in [2.45, 2.75) is 44.2 Å². The van der Waals surface area contributed by atoms with Crippen molar-refractivity contribution >= 4 is 17.5 Å². The van der Waals surface area contributed by atoms with Crippen molar-refractivity contribution in [1.82, 2.24) is 9.80 Å². The Morgan fingerprint density at radius 1 is 1.14 bits per heavy atom. The van der Waals surface area contributed by atoms with Crippen LogP contribution in [0.25, 0.3) is 0 Å². The van der Waals surface area contributed by atoms with Gasteiger partial charge in [0.05, 0.1) is 6.42 Å². The molecule has 0 aromatic heterocycles. The first-order chi connectivity index (χ1) is 10.1. The van der Waals surface area contributed by atoms with E-state index in [1.54, 1.807) is 0 Å². The average molecular weight is 307 g/mol. The molecule has 0 bridgehead atoms. The molecule has 1 heterocycles. The van der Waals surface area contributed by atoms with Gasteiger partial charge in [-0.3, -0.25) is 4.79 Å². The third-order valence-corrected chi connectivity index (χ3v) is 4.83. The first kappa shape index (κ1) is 14.9. The molecule has 0 radical (unpaired) electrons. The molecule has 1 amide bonds. The zero-order valence-electron chi connectivity index (χ0n) is 12.6. The molecule has 4 heteroatoms. The molecule has 3 rings (SSSR count). The Kier molecular flexibility index (Phi) is 4.51. The van der Waals surface area contributed by atoms with Crippen molar-refractivity contribution in [2.24, 2.45) is 0 Å². The maximum Gasteiger partial charge on any atom is 0.227 e. The summed E-state index contributed by atoms with van der Waals surface area (Å²) in [7, 11) is 2.16. The lowest BCUT2D eigenvalue weighted by Crippen LogP contribution is -2.48. The van der Waals surface area contributed by atoms with E-state index in [4.69, 9.17) is 11.6 Å². The highest BCUT2D eigenvalue weighted by Crippen LogP contribution is 2.32. The summed E-state index contributed by atoms with van der Waals surface area (Å²) in [5, 5.41) is 0.723. The lowest BCUT2D eigenvalue weighted by molar-refractivity contribution is -0.134. The summed E-state index contributed by atoms with van der Waals surface area (Å²) in [6.07, 6.45) is 5.08. The van der Waals surface area contributed by atoms with Crippen LogP contribution in [0.2, 0.25) is 5.02 Å². The van der Waals surface area contributed by atoms with Crippen molar-refractivity contribution in [3.05, 3.63) is 34.9 Å². The molecule has 1 aliphatic heterocycles. The summed E-state index contributed by atoms with van der Waals surface area (Å²) in [6.45, 7) is 2.20. The zero-order valence-corrected chi connectivity index (χ0v) is 13.4. The summed E-state index contributed by atoms with van der Waals surface area (Å²) in [5.41, 5.74) is 1.06. The Morgan fingerprint density at radius 3 is 2.29 bits per heavy atom. The standard InChI is InChI=1S/C17H23ClN2O/c1-19-10-8-16(9-11-19)20(15-6-7-15)17(21)12-13-2-4-14(18)5-3-13/h2-5,15-16H,6-12H2,1H3. The lowest BCUT2D eigenvalue weighted by Gasteiger charge is -2.37. The van der Waals surface area contributed by atoms with E-state index in [-0.39, 0.29) is 5.91 Å². The van der Waals surface area contributed by atoms with Crippen LogP contribution in [0, 0.1) is 0 Å². The fourth-order valence-electron chi connectivity index (χ4n) is 3.20. The maximum atomic E-state index is 12.7.